The molecule has 0 saturated carbocycles. The van der Waals surface area contributed by atoms with E-state index < -0.39 is 0 Å². The fourth-order valence-corrected chi connectivity index (χ4v) is 6.84. The molecule has 0 spiro atoms. The van der Waals surface area contributed by atoms with Crippen molar-refractivity contribution >= 4 is 34.3 Å². The van der Waals surface area contributed by atoms with Gasteiger partial charge in [0.1, 0.15) is 5.82 Å². The fourth-order valence-electron chi connectivity index (χ4n) is 6.84. The molecule has 3 aliphatic rings. The number of anilines is 3. The summed E-state index contributed by atoms with van der Waals surface area (Å²) in [5.74, 6) is 1.56. The molecule has 3 fully saturated rings. The molecule has 12 heteroatoms. The molecule has 7 heterocycles. The van der Waals surface area contributed by atoms with Crippen LogP contribution >= 0.6 is 0 Å². The summed E-state index contributed by atoms with van der Waals surface area (Å²) in [4.78, 5) is 35.9. The van der Waals surface area contributed by atoms with Gasteiger partial charge in [0.15, 0.2) is 11.5 Å². The number of piperidine rings is 1. The summed E-state index contributed by atoms with van der Waals surface area (Å²) in [5.41, 5.74) is 4.32. The van der Waals surface area contributed by atoms with Crippen LogP contribution in [0.3, 0.4) is 0 Å². The first-order valence-corrected chi connectivity index (χ1v) is 16.0. The lowest BCUT2D eigenvalue weighted by atomic mass is 10.0. The Labute approximate surface area is 266 Å². The van der Waals surface area contributed by atoms with E-state index in [4.69, 9.17) is 19.8 Å². The second-order valence-electron chi connectivity index (χ2n) is 12.3. The molecular weight excluding hydrogens is 580 g/mol. The number of amides is 2. The SMILES string of the molecule is O=C(Nc1ccncc1)Nc1ccc(-c2nc(N3CC4CCC(C3)O4)c3cnn(C4CCN(Cc5cccnc5)CC4)c3n2)cc1. The number of likely N-dealkylation sites (tertiary alicyclic amines) is 1. The average Bonchev–Trinajstić information content (AvgIpc) is 3.67. The van der Waals surface area contributed by atoms with Crippen molar-refractivity contribution in [2.24, 2.45) is 0 Å². The highest BCUT2D eigenvalue weighted by molar-refractivity contribution is 5.99. The van der Waals surface area contributed by atoms with E-state index in [1.54, 1.807) is 24.5 Å². The second-order valence-corrected chi connectivity index (χ2v) is 12.3. The van der Waals surface area contributed by atoms with Crippen molar-refractivity contribution in [3.8, 4) is 11.4 Å². The number of morpholine rings is 1. The van der Waals surface area contributed by atoms with Gasteiger partial charge in [0.25, 0.3) is 0 Å². The van der Waals surface area contributed by atoms with Gasteiger partial charge < -0.3 is 20.3 Å². The third-order valence-electron chi connectivity index (χ3n) is 9.15. The minimum absolute atomic E-state index is 0.232. The predicted octanol–water partition coefficient (Wildman–Crippen LogP) is 5.13. The molecule has 3 aliphatic heterocycles. The largest absolute Gasteiger partial charge is 0.371 e. The molecular formula is C34H36N10O2. The first-order valence-electron chi connectivity index (χ1n) is 16.0. The van der Waals surface area contributed by atoms with Crippen molar-refractivity contribution in [2.75, 3.05) is 41.7 Å². The molecule has 46 heavy (non-hydrogen) atoms. The van der Waals surface area contributed by atoms with Gasteiger partial charge in [0.05, 0.1) is 29.8 Å². The van der Waals surface area contributed by atoms with E-state index in [2.05, 4.69) is 41.1 Å². The van der Waals surface area contributed by atoms with Gasteiger partial charge in [0, 0.05) is 74.4 Å². The zero-order valence-electron chi connectivity index (χ0n) is 25.5. The fraction of sp³-hybridized carbons (Fsp3) is 0.353. The highest BCUT2D eigenvalue weighted by Gasteiger charge is 2.36. The summed E-state index contributed by atoms with van der Waals surface area (Å²) < 4.78 is 8.28. The summed E-state index contributed by atoms with van der Waals surface area (Å²) in [6.45, 7) is 4.51. The Kier molecular flexibility index (Phi) is 7.72. The summed E-state index contributed by atoms with van der Waals surface area (Å²) in [7, 11) is 0. The first kappa shape index (κ1) is 28.5. The first-order chi connectivity index (χ1) is 22.6. The molecule has 0 radical (unpaired) electrons. The molecule has 5 aromatic rings. The van der Waals surface area contributed by atoms with Crippen LogP contribution < -0.4 is 15.5 Å². The lowest BCUT2D eigenvalue weighted by Crippen LogP contribution is -2.43. The van der Waals surface area contributed by atoms with E-state index in [0.29, 0.717) is 17.2 Å². The molecule has 2 bridgehead atoms. The smallest absolute Gasteiger partial charge is 0.323 e. The Morgan fingerprint density at radius 3 is 2.28 bits per heavy atom. The zero-order chi connectivity index (χ0) is 30.9. The molecule has 2 atom stereocenters. The Morgan fingerprint density at radius 1 is 0.826 bits per heavy atom. The van der Waals surface area contributed by atoms with E-state index in [-0.39, 0.29) is 24.3 Å². The molecule has 4 aromatic heterocycles. The Balaban J connectivity index is 1.06. The lowest BCUT2D eigenvalue weighted by molar-refractivity contribution is 0.0303. The molecule has 8 rings (SSSR count). The summed E-state index contributed by atoms with van der Waals surface area (Å²) in [5, 5.41) is 11.6. The summed E-state index contributed by atoms with van der Waals surface area (Å²) >= 11 is 0. The van der Waals surface area contributed by atoms with Gasteiger partial charge in [-0.1, -0.05) is 6.07 Å². The Morgan fingerprint density at radius 2 is 1.57 bits per heavy atom. The van der Waals surface area contributed by atoms with Crippen molar-refractivity contribution in [1.82, 2.24) is 34.6 Å². The van der Waals surface area contributed by atoms with Gasteiger partial charge in [-0.25, -0.2) is 19.4 Å². The van der Waals surface area contributed by atoms with Crippen molar-refractivity contribution in [1.29, 1.82) is 0 Å². The number of urea groups is 1. The lowest BCUT2D eigenvalue weighted by Gasteiger charge is -2.33. The molecule has 2 N–H and O–H groups in total. The normalized spacial score (nSPS) is 20.2. The summed E-state index contributed by atoms with van der Waals surface area (Å²) in [6.07, 6.45) is 13.6. The number of nitrogens with one attached hydrogen (secondary N) is 2. The standard InChI is InChI=1S/C34H36N10O2/c45-34(39-26-9-14-35-15-10-26)38-25-5-3-24(4-6-25)31-40-32(43-21-28-7-8-29(22-43)46-28)30-19-37-44(33(30)41-31)27-11-16-42(17-12-27)20-23-2-1-13-36-18-23/h1-6,9-10,13-15,18-19,27-29H,7-8,11-12,16-17,20-22H2,(H2,35,38,39,45). The molecule has 12 nitrogen and oxygen atoms in total. The quantitative estimate of drug-likeness (QED) is 0.256. The van der Waals surface area contributed by atoms with Crippen LogP contribution in [0.5, 0.6) is 0 Å². The van der Waals surface area contributed by atoms with Gasteiger partial charge >= 0.3 is 6.03 Å². The van der Waals surface area contributed by atoms with E-state index >= 15 is 0 Å². The summed E-state index contributed by atoms with van der Waals surface area (Å²) in [6, 6.07) is 15.2. The number of carbonyl (C=O) groups is 1. The van der Waals surface area contributed by atoms with E-state index in [1.807, 2.05) is 48.9 Å². The van der Waals surface area contributed by atoms with Crippen LogP contribution in [0.4, 0.5) is 22.0 Å². The Hall–Kier alpha value is -4.94. The van der Waals surface area contributed by atoms with E-state index in [0.717, 1.165) is 80.8 Å². The molecule has 234 valence electrons. The molecule has 2 unspecified atom stereocenters. The highest BCUT2D eigenvalue weighted by Crippen LogP contribution is 2.35. The minimum atomic E-state index is -0.323. The topological polar surface area (TPSA) is 126 Å². The third-order valence-corrected chi connectivity index (χ3v) is 9.15. The number of ether oxygens (including phenoxy) is 1. The van der Waals surface area contributed by atoms with Crippen molar-refractivity contribution in [3.05, 3.63) is 85.1 Å². The molecule has 0 aliphatic carbocycles. The number of benzene rings is 1. The van der Waals surface area contributed by atoms with Crippen LogP contribution in [0.15, 0.2) is 79.5 Å². The van der Waals surface area contributed by atoms with Gasteiger partial charge in [-0.2, -0.15) is 5.10 Å². The molecule has 3 saturated heterocycles. The van der Waals surface area contributed by atoms with E-state index in [1.165, 1.54) is 5.56 Å². The van der Waals surface area contributed by atoms with Gasteiger partial charge in [-0.05, 0) is 73.7 Å². The second kappa shape index (κ2) is 12.5. The van der Waals surface area contributed by atoms with Crippen LogP contribution in [0.25, 0.3) is 22.4 Å². The molecule has 1 aromatic carbocycles. The number of rotatable bonds is 7. The van der Waals surface area contributed by atoms with Crippen molar-refractivity contribution in [3.63, 3.8) is 0 Å². The Bertz CT molecular complexity index is 1800. The van der Waals surface area contributed by atoms with Crippen molar-refractivity contribution in [2.45, 2.75) is 50.5 Å². The van der Waals surface area contributed by atoms with Crippen LogP contribution in [0.1, 0.15) is 37.3 Å². The molecule has 2 amide bonds. The number of hydrogen-bond acceptors (Lipinski definition) is 9. The zero-order valence-corrected chi connectivity index (χ0v) is 25.5. The van der Waals surface area contributed by atoms with E-state index in [9.17, 15) is 4.79 Å². The monoisotopic (exact) mass is 616 g/mol. The van der Waals surface area contributed by atoms with Crippen LogP contribution in [-0.4, -0.2) is 79.0 Å². The average molecular weight is 617 g/mol. The predicted molar refractivity (Wildman–Crippen MR) is 176 cm³/mol. The number of nitrogens with zero attached hydrogens (tertiary/aromatic N) is 8. The maximum absolute atomic E-state index is 12.5. The number of pyridine rings is 2. The highest BCUT2D eigenvalue weighted by atomic mass is 16.5. The number of carbonyl (C=O) groups excluding carboxylic acids is 1. The minimum Gasteiger partial charge on any atom is -0.371 e. The maximum atomic E-state index is 12.5. The van der Waals surface area contributed by atoms with Crippen molar-refractivity contribution < 1.29 is 9.53 Å². The number of hydrogen-bond donors (Lipinski definition) is 2. The van der Waals surface area contributed by atoms with Crippen LogP contribution in [0.2, 0.25) is 0 Å². The third kappa shape index (κ3) is 6.01. The number of fused-ring (bicyclic) bond motifs is 3. The maximum Gasteiger partial charge on any atom is 0.323 e. The van der Waals surface area contributed by atoms with Crippen LogP contribution in [-0.2, 0) is 11.3 Å². The van der Waals surface area contributed by atoms with Crippen LogP contribution in [0, 0.1) is 0 Å². The van der Waals surface area contributed by atoms with Gasteiger partial charge in [-0.3, -0.25) is 14.9 Å². The van der Waals surface area contributed by atoms with Gasteiger partial charge in [-0.15, -0.1) is 0 Å². The number of aromatic nitrogens is 6. The van der Waals surface area contributed by atoms with Gasteiger partial charge in [0.2, 0.25) is 0 Å².